The van der Waals surface area contributed by atoms with Gasteiger partial charge < -0.3 is 9.64 Å². The summed E-state index contributed by atoms with van der Waals surface area (Å²) in [5.74, 6) is 0.780. The topological polar surface area (TPSA) is 12.5 Å². The summed E-state index contributed by atoms with van der Waals surface area (Å²) >= 11 is 0. The molecule has 0 aromatic carbocycles. The van der Waals surface area contributed by atoms with Crippen LogP contribution in [0.5, 0.6) is 0 Å². The van der Waals surface area contributed by atoms with E-state index in [4.69, 9.17) is 4.74 Å². The lowest BCUT2D eigenvalue weighted by molar-refractivity contribution is 0.166. The van der Waals surface area contributed by atoms with Gasteiger partial charge in [-0.3, -0.25) is 0 Å². The lowest BCUT2D eigenvalue weighted by Crippen LogP contribution is -2.31. The normalized spacial score (nSPS) is 25.4. The van der Waals surface area contributed by atoms with Gasteiger partial charge in [-0.05, 0) is 33.2 Å². The molecule has 0 N–H and O–H groups in total. The Labute approximate surface area is 69.5 Å². The second kappa shape index (κ2) is 4.07. The monoisotopic (exact) mass is 157 g/mol. The number of rotatable bonds is 3. The standard InChI is InChI=1S/C9H19NO/c1-8(2)10(3)6-9-4-5-11-7-9/h8-9H,4-7H2,1-3H3/t9-/m0/s1. The van der Waals surface area contributed by atoms with E-state index in [1.807, 2.05) is 0 Å². The SMILES string of the molecule is CC(C)N(C)C[C@@H]1CCOC1. The van der Waals surface area contributed by atoms with Crippen molar-refractivity contribution in [2.24, 2.45) is 5.92 Å². The van der Waals surface area contributed by atoms with Gasteiger partial charge in [0.15, 0.2) is 0 Å². The van der Waals surface area contributed by atoms with Crippen LogP contribution >= 0.6 is 0 Å². The Morgan fingerprint density at radius 3 is 2.73 bits per heavy atom. The second-order valence-corrected chi connectivity index (χ2v) is 3.76. The first-order valence-corrected chi connectivity index (χ1v) is 4.48. The summed E-state index contributed by atoms with van der Waals surface area (Å²) in [4.78, 5) is 2.39. The van der Waals surface area contributed by atoms with E-state index in [9.17, 15) is 0 Å². The molecule has 0 spiro atoms. The maximum Gasteiger partial charge on any atom is 0.0507 e. The molecule has 0 unspecified atom stereocenters. The van der Waals surface area contributed by atoms with Crippen LogP contribution in [0.1, 0.15) is 20.3 Å². The average Bonchev–Trinajstić information content (AvgIpc) is 2.39. The number of nitrogens with zero attached hydrogens (tertiary/aromatic N) is 1. The van der Waals surface area contributed by atoms with Crippen LogP contribution in [0.2, 0.25) is 0 Å². The van der Waals surface area contributed by atoms with Crippen LogP contribution in [0, 0.1) is 5.92 Å². The van der Waals surface area contributed by atoms with Crippen LogP contribution in [-0.2, 0) is 4.74 Å². The molecular weight excluding hydrogens is 138 g/mol. The third-order valence-corrected chi connectivity index (χ3v) is 2.45. The Balaban J connectivity index is 2.18. The molecule has 1 rings (SSSR count). The molecular formula is C9H19NO. The van der Waals surface area contributed by atoms with Crippen LogP contribution < -0.4 is 0 Å². The molecule has 1 atom stereocenters. The van der Waals surface area contributed by atoms with Gasteiger partial charge in [0.05, 0.1) is 6.61 Å². The van der Waals surface area contributed by atoms with E-state index < -0.39 is 0 Å². The molecule has 1 fully saturated rings. The fourth-order valence-corrected chi connectivity index (χ4v) is 1.35. The molecule has 1 saturated heterocycles. The second-order valence-electron chi connectivity index (χ2n) is 3.76. The molecule has 0 amide bonds. The summed E-state index contributed by atoms with van der Waals surface area (Å²) in [6, 6.07) is 0.663. The first kappa shape index (κ1) is 9.01. The van der Waals surface area contributed by atoms with Crippen LogP contribution in [0.15, 0.2) is 0 Å². The molecule has 2 nitrogen and oxygen atoms in total. The summed E-state index contributed by atoms with van der Waals surface area (Å²) in [6.07, 6.45) is 1.25. The van der Waals surface area contributed by atoms with Crippen molar-refractivity contribution in [3.8, 4) is 0 Å². The number of hydrogen-bond donors (Lipinski definition) is 0. The predicted octanol–water partition coefficient (Wildman–Crippen LogP) is 1.36. The van der Waals surface area contributed by atoms with Crippen molar-refractivity contribution in [1.82, 2.24) is 4.90 Å². The highest BCUT2D eigenvalue weighted by molar-refractivity contribution is 4.69. The Bertz CT molecular complexity index is 108. The zero-order valence-electron chi connectivity index (χ0n) is 7.84. The Hall–Kier alpha value is -0.0800. The van der Waals surface area contributed by atoms with Gasteiger partial charge in [-0.1, -0.05) is 0 Å². The molecule has 1 heterocycles. The molecule has 2 heteroatoms. The zero-order chi connectivity index (χ0) is 8.27. The summed E-state index contributed by atoms with van der Waals surface area (Å²) in [7, 11) is 2.18. The van der Waals surface area contributed by atoms with Crippen LogP contribution in [0.25, 0.3) is 0 Å². The van der Waals surface area contributed by atoms with Crippen molar-refractivity contribution < 1.29 is 4.74 Å². The van der Waals surface area contributed by atoms with E-state index in [0.717, 1.165) is 19.1 Å². The van der Waals surface area contributed by atoms with Crippen LogP contribution in [-0.4, -0.2) is 37.7 Å². The zero-order valence-corrected chi connectivity index (χ0v) is 7.84. The lowest BCUT2D eigenvalue weighted by atomic mass is 10.1. The van der Waals surface area contributed by atoms with Gasteiger partial charge in [0.25, 0.3) is 0 Å². The molecule has 0 bridgehead atoms. The highest BCUT2D eigenvalue weighted by Crippen LogP contribution is 2.13. The third kappa shape index (κ3) is 2.80. The summed E-state index contributed by atoms with van der Waals surface area (Å²) in [6.45, 7) is 7.59. The summed E-state index contributed by atoms with van der Waals surface area (Å²) in [5, 5.41) is 0. The Morgan fingerprint density at radius 2 is 2.27 bits per heavy atom. The molecule has 0 saturated carbocycles. The molecule has 1 aliphatic heterocycles. The molecule has 11 heavy (non-hydrogen) atoms. The van der Waals surface area contributed by atoms with Crippen molar-refractivity contribution in [2.45, 2.75) is 26.3 Å². The quantitative estimate of drug-likeness (QED) is 0.613. The minimum absolute atomic E-state index is 0.663. The van der Waals surface area contributed by atoms with Crippen LogP contribution in [0.4, 0.5) is 0 Å². The van der Waals surface area contributed by atoms with Crippen molar-refractivity contribution in [1.29, 1.82) is 0 Å². The van der Waals surface area contributed by atoms with Gasteiger partial charge in [0, 0.05) is 19.2 Å². The van der Waals surface area contributed by atoms with E-state index in [1.54, 1.807) is 0 Å². The Morgan fingerprint density at radius 1 is 1.55 bits per heavy atom. The van der Waals surface area contributed by atoms with Gasteiger partial charge >= 0.3 is 0 Å². The highest BCUT2D eigenvalue weighted by Gasteiger charge is 2.17. The first-order chi connectivity index (χ1) is 5.20. The molecule has 0 aromatic rings. The van der Waals surface area contributed by atoms with Gasteiger partial charge in [-0.15, -0.1) is 0 Å². The highest BCUT2D eigenvalue weighted by atomic mass is 16.5. The van der Waals surface area contributed by atoms with Crippen molar-refractivity contribution in [3.63, 3.8) is 0 Å². The maximum absolute atomic E-state index is 5.31. The molecule has 0 aromatic heterocycles. The predicted molar refractivity (Wildman–Crippen MR) is 46.7 cm³/mol. The molecule has 0 radical (unpaired) electrons. The molecule has 0 aliphatic carbocycles. The van der Waals surface area contributed by atoms with E-state index in [1.165, 1.54) is 13.0 Å². The minimum Gasteiger partial charge on any atom is -0.381 e. The fraction of sp³-hybridized carbons (Fsp3) is 1.00. The average molecular weight is 157 g/mol. The van der Waals surface area contributed by atoms with E-state index >= 15 is 0 Å². The minimum atomic E-state index is 0.663. The summed E-state index contributed by atoms with van der Waals surface area (Å²) < 4.78 is 5.31. The van der Waals surface area contributed by atoms with Crippen LogP contribution in [0.3, 0.4) is 0 Å². The molecule has 66 valence electrons. The Kier molecular flexibility index (Phi) is 3.34. The molecule has 1 aliphatic rings. The third-order valence-electron chi connectivity index (χ3n) is 2.45. The number of ether oxygens (including phenoxy) is 1. The fourth-order valence-electron chi connectivity index (χ4n) is 1.35. The number of hydrogen-bond acceptors (Lipinski definition) is 2. The van der Waals surface area contributed by atoms with E-state index in [-0.39, 0.29) is 0 Å². The van der Waals surface area contributed by atoms with E-state index in [2.05, 4.69) is 25.8 Å². The van der Waals surface area contributed by atoms with E-state index in [0.29, 0.717) is 6.04 Å². The largest absolute Gasteiger partial charge is 0.381 e. The van der Waals surface area contributed by atoms with Crippen molar-refractivity contribution >= 4 is 0 Å². The van der Waals surface area contributed by atoms with Crippen molar-refractivity contribution in [3.05, 3.63) is 0 Å². The van der Waals surface area contributed by atoms with Gasteiger partial charge in [0.1, 0.15) is 0 Å². The lowest BCUT2D eigenvalue weighted by Gasteiger charge is -2.23. The summed E-state index contributed by atoms with van der Waals surface area (Å²) in [5.41, 5.74) is 0. The van der Waals surface area contributed by atoms with Crippen molar-refractivity contribution in [2.75, 3.05) is 26.8 Å². The van der Waals surface area contributed by atoms with Gasteiger partial charge in [-0.2, -0.15) is 0 Å². The van der Waals surface area contributed by atoms with Gasteiger partial charge in [0.2, 0.25) is 0 Å². The smallest absolute Gasteiger partial charge is 0.0507 e. The maximum atomic E-state index is 5.31. The first-order valence-electron chi connectivity index (χ1n) is 4.48. The van der Waals surface area contributed by atoms with Gasteiger partial charge in [-0.25, -0.2) is 0 Å².